The summed E-state index contributed by atoms with van der Waals surface area (Å²) >= 11 is 0. The summed E-state index contributed by atoms with van der Waals surface area (Å²) < 4.78 is 30.5. The molecule has 146 valence electrons. The smallest absolute Gasteiger partial charge is 0.232 e. The summed E-state index contributed by atoms with van der Waals surface area (Å²) in [6.07, 6.45) is 1.34. The highest BCUT2D eigenvalue weighted by molar-refractivity contribution is 7.92. The Labute approximate surface area is 164 Å². The first-order valence-electron chi connectivity index (χ1n) is 8.61. The Balaban J connectivity index is 1.89. The summed E-state index contributed by atoms with van der Waals surface area (Å²) in [5.74, 6) is 1.16. The van der Waals surface area contributed by atoms with Crippen LogP contribution in [0.1, 0.15) is 13.8 Å². The van der Waals surface area contributed by atoms with E-state index in [4.69, 9.17) is 4.74 Å². The molecular weight excluding hydrogens is 378 g/mol. The highest BCUT2D eigenvalue weighted by atomic mass is 32.2. The highest BCUT2D eigenvalue weighted by Crippen LogP contribution is 2.28. The Bertz CT molecular complexity index is 1070. The van der Waals surface area contributed by atoms with E-state index in [2.05, 4.69) is 25.6 Å². The van der Waals surface area contributed by atoms with Crippen LogP contribution in [0.3, 0.4) is 0 Å². The van der Waals surface area contributed by atoms with Gasteiger partial charge in [0.2, 0.25) is 11.9 Å². The van der Waals surface area contributed by atoms with Gasteiger partial charge in [0.15, 0.2) is 9.84 Å². The minimum Gasteiger partial charge on any atom is -0.495 e. The Morgan fingerprint density at radius 1 is 0.893 bits per heavy atom. The van der Waals surface area contributed by atoms with Gasteiger partial charge in [-0.3, -0.25) is 0 Å². The molecule has 0 aliphatic heterocycles. The third kappa shape index (κ3) is 4.20. The molecular formula is C19H21N5O3S. The largest absolute Gasteiger partial charge is 0.495 e. The molecule has 1 heterocycles. The lowest BCUT2D eigenvalue weighted by Gasteiger charge is -2.14. The van der Waals surface area contributed by atoms with Gasteiger partial charge in [-0.1, -0.05) is 24.3 Å². The van der Waals surface area contributed by atoms with Crippen molar-refractivity contribution >= 4 is 33.1 Å². The zero-order valence-corrected chi connectivity index (χ0v) is 16.6. The van der Waals surface area contributed by atoms with Gasteiger partial charge in [0, 0.05) is 0 Å². The van der Waals surface area contributed by atoms with E-state index < -0.39 is 15.1 Å². The van der Waals surface area contributed by atoms with Crippen molar-refractivity contribution in [3.63, 3.8) is 0 Å². The maximum absolute atomic E-state index is 12.6. The summed E-state index contributed by atoms with van der Waals surface area (Å²) in [6, 6.07) is 14.0. The number of sulfone groups is 1. The van der Waals surface area contributed by atoms with Crippen molar-refractivity contribution in [2.75, 3.05) is 17.7 Å². The highest BCUT2D eigenvalue weighted by Gasteiger charge is 2.22. The fourth-order valence-corrected chi connectivity index (χ4v) is 3.68. The molecule has 3 rings (SSSR count). The molecule has 1 aromatic heterocycles. The van der Waals surface area contributed by atoms with E-state index in [1.54, 1.807) is 45.2 Å². The van der Waals surface area contributed by atoms with Gasteiger partial charge >= 0.3 is 0 Å². The quantitative estimate of drug-likeness (QED) is 0.621. The zero-order valence-electron chi connectivity index (χ0n) is 15.7. The van der Waals surface area contributed by atoms with Gasteiger partial charge in [-0.05, 0) is 38.1 Å². The average molecular weight is 399 g/mol. The molecule has 0 radical (unpaired) electrons. The van der Waals surface area contributed by atoms with Gasteiger partial charge < -0.3 is 15.4 Å². The Morgan fingerprint density at radius 3 is 2.11 bits per heavy atom. The average Bonchev–Trinajstić information content (AvgIpc) is 2.69. The van der Waals surface area contributed by atoms with Crippen LogP contribution in [0.25, 0.3) is 0 Å². The summed E-state index contributed by atoms with van der Waals surface area (Å²) in [4.78, 5) is 12.7. The van der Waals surface area contributed by atoms with Crippen molar-refractivity contribution in [1.29, 1.82) is 0 Å². The van der Waals surface area contributed by atoms with Crippen molar-refractivity contribution in [2.24, 2.45) is 0 Å². The first-order chi connectivity index (χ1) is 13.4. The van der Waals surface area contributed by atoms with E-state index in [9.17, 15) is 8.42 Å². The molecule has 0 fully saturated rings. The van der Waals surface area contributed by atoms with Crippen molar-refractivity contribution in [3.8, 4) is 5.75 Å². The normalized spacial score (nSPS) is 11.3. The first kappa shape index (κ1) is 19.6. The molecule has 0 amide bonds. The molecule has 3 aromatic rings. The van der Waals surface area contributed by atoms with Crippen LogP contribution in [0.2, 0.25) is 0 Å². The van der Waals surface area contributed by atoms with Crippen LogP contribution >= 0.6 is 0 Å². The lowest BCUT2D eigenvalue weighted by atomic mass is 10.3. The molecule has 8 nitrogen and oxygen atoms in total. The third-order valence-corrected chi connectivity index (χ3v) is 6.20. The van der Waals surface area contributed by atoms with Crippen molar-refractivity contribution < 1.29 is 13.2 Å². The first-order valence-corrected chi connectivity index (χ1v) is 10.2. The molecule has 0 bridgehead atoms. The van der Waals surface area contributed by atoms with Gasteiger partial charge in [0.1, 0.15) is 12.1 Å². The number of nitrogens with zero attached hydrogens (tertiary/aromatic N) is 3. The van der Waals surface area contributed by atoms with E-state index >= 15 is 0 Å². The number of anilines is 4. The Morgan fingerprint density at radius 2 is 1.46 bits per heavy atom. The van der Waals surface area contributed by atoms with E-state index in [1.807, 2.05) is 24.3 Å². The SMILES string of the molecule is COc1ccccc1Nc1ncnc(Nc2ccccc2S(=O)(=O)C(C)C)n1. The van der Waals surface area contributed by atoms with E-state index in [0.29, 0.717) is 23.1 Å². The molecule has 0 atom stereocenters. The minimum atomic E-state index is -3.46. The number of ether oxygens (including phenoxy) is 1. The van der Waals surface area contributed by atoms with E-state index in [-0.39, 0.29) is 10.8 Å². The van der Waals surface area contributed by atoms with Crippen molar-refractivity contribution in [1.82, 2.24) is 15.0 Å². The number of aromatic nitrogens is 3. The van der Waals surface area contributed by atoms with Gasteiger partial charge in [-0.2, -0.15) is 4.98 Å². The van der Waals surface area contributed by atoms with Crippen LogP contribution in [-0.4, -0.2) is 35.7 Å². The van der Waals surface area contributed by atoms with Gasteiger partial charge in [0.25, 0.3) is 0 Å². The molecule has 9 heteroatoms. The molecule has 28 heavy (non-hydrogen) atoms. The number of nitrogens with one attached hydrogen (secondary N) is 2. The topological polar surface area (TPSA) is 106 Å². The molecule has 0 saturated carbocycles. The minimum absolute atomic E-state index is 0.199. The van der Waals surface area contributed by atoms with Crippen LogP contribution in [0.15, 0.2) is 59.8 Å². The molecule has 0 aliphatic carbocycles. The second-order valence-corrected chi connectivity index (χ2v) is 8.65. The number of rotatable bonds is 7. The van der Waals surface area contributed by atoms with Crippen LogP contribution in [0.4, 0.5) is 23.3 Å². The number of benzene rings is 2. The molecule has 2 aromatic carbocycles. The predicted molar refractivity (Wildman–Crippen MR) is 108 cm³/mol. The van der Waals surface area contributed by atoms with Crippen molar-refractivity contribution in [3.05, 3.63) is 54.9 Å². The monoisotopic (exact) mass is 399 g/mol. The number of hydrogen-bond acceptors (Lipinski definition) is 8. The van der Waals surface area contributed by atoms with Gasteiger partial charge in [-0.15, -0.1) is 0 Å². The lowest BCUT2D eigenvalue weighted by Crippen LogP contribution is -2.16. The van der Waals surface area contributed by atoms with Crippen LogP contribution < -0.4 is 15.4 Å². The summed E-state index contributed by atoms with van der Waals surface area (Å²) in [5.41, 5.74) is 1.11. The molecule has 0 aliphatic rings. The van der Waals surface area contributed by atoms with Crippen molar-refractivity contribution in [2.45, 2.75) is 24.0 Å². The summed E-state index contributed by atoms with van der Waals surface area (Å²) in [5, 5.41) is 5.50. The van der Waals surface area contributed by atoms with Crippen LogP contribution in [0, 0.1) is 0 Å². The number of methoxy groups -OCH3 is 1. The molecule has 0 spiro atoms. The third-order valence-electron chi connectivity index (χ3n) is 3.99. The van der Waals surface area contributed by atoms with E-state index in [1.165, 1.54) is 6.33 Å². The Kier molecular flexibility index (Phi) is 5.74. The second-order valence-electron chi connectivity index (χ2n) is 6.17. The second kappa shape index (κ2) is 8.22. The predicted octanol–water partition coefficient (Wildman–Crippen LogP) is 3.55. The molecule has 2 N–H and O–H groups in total. The molecule has 0 unspecified atom stereocenters. The number of hydrogen-bond donors (Lipinski definition) is 2. The maximum atomic E-state index is 12.6. The van der Waals surface area contributed by atoms with Gasteiger partial charge in [-0.25, -0.2) is 18.4 Å². The summed E-state index contributed by atoms with van der Waals surface area (Å²) in [7, 11) is -1.88. The maximum Gasteiger partial charge on any atom is 0.232 e. The van der Waals surface area contributed by atoms with E-state index in [0.717, 1.165) is 0 Å². The number of para-hydroxylation sites is 3. The fourth-order valence-electron chi connectivity index (χ4n) is 2.48. The molecule has 0 saturated heterocycles. The van der Waals surface area contributed by atoms with Crippen LogP contribution in [0.5, 0.6) is 5.75 Å². The summed E-state index contributed by atoms with van der Waals surface area (Å²) in [6.45, 7) is 3.29. The standard InChI is InChI=1S/C19H21N5O3S/c1-13(2)28(25,26)17-11-7-5-9-15(17)23-19-21-12-20-18(24-19)22-14-8-4-6-10-16(14)27-3/h4-13H,1-3H3,(H2,20,21,22,23,24). The Hall–Kier alpha value is -3.20. The van der Waals surface area contributed by atoms with Gasteiger partial charge in [0.05, 0.1) is 28.6 Å². The fraction of sp³-hybridized carbons (Fsp3) is 0.211. The lowest BCUT2D eigenvalue weighted by molar-refractivity contribution is 0.417. The zero-order chi connectivity index (χ0) is 20.1. The van der Waals surface area contributed by atoms with Crippen LogP contribution in [-0.2, 0) is 9.84 Å².